The van der Waals surface area contributed by atoms with Gasteiger partial charge < -0.3 is 4.74 Å². The summed E-state index contributed by atoms with van der Waals surface area (Å²) in [4.78, 5) is 13.9. The molecule has 0 aliphatic carbocycles. The number of methoxy groups -OCH3 is 1. The fourth-order valence-corrected chi connectivity index (χ4v) is 4.22. The van der Waals surface area contributed by atoms with Crippen molar-refractivity contribution in [3.63, 3.8) is 0 Å². The minimum atomic E-state index is -3.59. The van der Waals surface area contributed by atoms with Crippen LogP contribution in [0.1, 0.15) is 43.5 Å². The molecule has 0 spiro atoms. The number of carbonyl (C=O) groups is 1. The normalized spacial score (nSPS) is 20.5. The van der Waals surface area contributed by atoms with Gasteiger partial charge in [0, 0.05) is 18.6 Å². The first-order valence-electron chi connectivity index (χ1n) is 8.29. The summed E-state index contributed by atoms with van der Waals surface area (Å²) in [6.07, 6.45) is 3.56. The predicted molar refractivity (Wildman–Crippen MR) is 92.5 cm³/mol. The maximum Gasteiger partial charge on any atom is 0.337 e. The topological polar surface area (TPSA) is 75.7 Å². The molecule has 1 fully saturated rings. The highest BCUT2D eigenvalue weighted by molar-refractivity contribution is 7.89. The van der Waals surface area contributed by atoms with E-state index in [1.807, 2.05) is 6.92 Å². The van der Waals surface area contributed by atoms with E-state index in [-0.39, 0.29) is 10.9 Å². The number of likely N-dealkylation sites (tertiary alicyclic amines) is 1. The maximum atomic E-state index is 12.4. The van der Waals surface area contributed by atoms with Crippen molar-refractivity contribution in [2.45, 2.75) is 50.1 Å². The van der Waals surface area contributed by atoms with Crippen LogP contribution in [-0.2, 0) is 14.8 Å². The molecule has 1 aromatic carbocycles. The Kier molecular flexibility index (Phi) is 6.37. The number of ether oxygens (including phenoxy) is 1. The summed E-state index contributed by atoms with van der Waals surface area (Å²) in [5.74, 6) is -0.486. The molecule has 0 aromatic heterocycles. The van der Waals surface area contributed by atoms with E-state index in [0.717, 1.165) is 19.4 Å². The number of hydrogen-bond donors (Lipinski definition) is 1. The summed E-state index contributed by atoms with van der Waals surface area (Å²) in [6, 6.07) is 6.38. The summed E-state index contributed by atoms with van der Waals surface area (Å²) in [5, 5.41) is 0. The van der Waals surface area contributed by atoms with Gasteiger partial charge in [0.15, 0.2) is 0 Å². The molecule has 0 unspecified atom stereocenters. The van der Waals surface area contributed by atoms with Gasteiger partial charge in [-0.1, -0.05) is 6.42 Å². The van der Waals surface area contributed by atoms with Crippen LogP contribution in [0.25, 0.3) is 0 Å². The molecular formula is C17H26N2O4S. The van der Waals surface area contributed by atoms with Crippen molar-refractivity contribution in [3.05, 3.63) is 29.8 Å². The number of hydrogen-bond acceptors (Lipinski definition) is 5. The van der Waals surface area contributed by atoms with Crippen LogP contribution in [0.15, 0.2) is 29.2 Å². The van der Waals surface area contributed by atoms with Gasteiger partial charge in [0.05, 0.1) is 17.6 Å². The van der Waals surface area contributed by atoms with Gasteiger partial charge in [-0.25, -0.2) is 17.9 Å². The first-order chi connectivity index (χ1) is 11.3. The minimum Gasteiger partial charge on any atom is -0.465 e. The third-order valence-corrected chi connectivity index (χ3v) is 6.01. The van der Waals surface area contributed by atoms with Crippen molar-refractivity contribution in [1.82, 2.24) is 9.62 Å². The summed E-state index contributed by atoms with van der Waals surface area (Å²) in [7, 11) is -2.30. The van der Waals surface area contributed by atoms with Gasteiger partial charge in [0.2, 0.25) is 10.0 Å². The van der Waals surface area contributed by atoms with E-state index in [4.69, 9.17) is 0 Å². The van der Waals surface area contributed by atoms with E-state index in [0.29, 0.717) is 18.2 Å². The van der Waals surface area contributed by atoms with Crippen molar-refractivity contribution >= 4 is 16.0 Å². The van der Waals surface area contributed by atoms with Crippen LogP contribution in [0.5, 0.6) is 0 Å². The number of sulfonamides is 1. The molecule has 1 aliphatic heterocycles. The molecular weight excluding hydrogens is 328 g/mol. The molecule has 1 heterocycles. The highest BCUT2D eigenvalue weighted by Gasteiger charge is 2.24. The zero-order valence-corrected chi connectivity index (χ0v) is 15.3. The van der Waals surface area contributed by atoms with Crippen LogP contribution >= 0.6 is 0 Å². The van der Waals surface area contributed by atoms with E-state index in [9.17, 15) is 13.2 Å². The molecule has 0 radical (unpaired) electrons. The molecule has 1 N–H and O–H groups in total. The summed E-state index contributed by atoms with van der Waals surface area (Å²) in [5.41, 5.74) is 0.326. The Labute approximate surface area is 144 Å². The van der Waals surface area contributed by atoms with E-state index < -0.39 is 16.0 Å². The lowest BCUT2D eigenvalue weighted by Crippen LogP contribution is -2.48. The van der Waals surface area contributed by atoms with Crippen LogP contribution < -0.4 is 4.72 Å². The van der Waals surface area contributed by atoms with Gasteiger partial charge in [-0.2, -0.15) is 0 Å². The second-order valence-corrected chi connectivity index (χ2v) is 8.07. The van der Waals surface area contributed by atoms with Crippen molar-refractivity contribution in [3.8, 4) is 0 Å². The first-order valence-corrected chi connectivity index (χ1v) is 9.77. The molecule has 7 heteroatoms. The SMILES string of the molecule is COC(=O)c1ccc(S(=O)(=O)NC[C@@H](C)N2CCCC[C@H]2C)cc1. The molecule has 24 heavy (non-hydrogen) atoms. The molecule has 1 aromatic rings. The Morgan fingerprint density at radius 2 is 2.00 bits per heavy atom. The molecule has 0 bridgehead atoms. The standard InChI is InChI=1S/C17H26N2O4S/c1-13-6-4-5-11-19(13)14(2)12-18-24(21,22)16-9-7-15(8-10-16)17(20)23-3/h7-10,13-14,18H,4-6,11-12H2,1-3H3/t13-,14-/m1/s1. The zero-order chi connectivity index (χ0) is 17.7. The van der Waals surface area contributed by atoms with Crippen molar-refractivity contribution < 1.29 is 17.9 Å². The predicted octanol–water partition coefficient (Wildman–Crippen LogP) is 2.01. The van der Waals surface area contributed by atoms with Gasteiger partial charge >= 0.3 is 5.97 Å². The van der Waals surface area contributed by atoms with Crippen LogP contribution in [0.3, 0.4) is 0 Å². The lowest BCUT2D eigenvalue weighted by molar-refractivity contribution is 0.0600. The minimum absolute atomic E-state index is 0.143. The van der Waals surface area contributed by atoms with Gasteiger partial charge in [-0.3, -0.25) is 4.90 Å². The summed E-state index contributed by atoms with van der Waals surface area (Å²) >= 11 is 0. The van der Waals surface area contributed by atoms with Crippen molar-refractivity contribution in [2.75, 3.05) is 20.2 Å². The molecule has 1 aliphatic rings. The second-order valence-electron chi connectivity index (χ2n) is 6.30. The van der Waals surface area contributed by atoms with Crippen LogP contribution in [0.4, 0.5) is 0 Å². The highest BCUT2D eigenvalue weighted by Crippen LogP contribution is 2.19. The third-order valence-electron chi connectivity index (χ3n) is 4.57. The van der Waals surface area contributed by atoms with Crippen LogP contribution in [0, 0.1) is 0 Å². The maximum absolute atomic E-state index is 12.4. The Bertz CT molecular complexity index is 658. The summed E-state index contributed by atoms with van der Waals surface area (Å²) in [6.45, 7) is 5.61. The Balaban J connectivity index is 1.99. The lowest BCUT2D eigenvalue weighted by Gasteiger charge is -2.38. The number of esters is 1. The lowest BCUT2D eigenvalue weighted by atomic mass is 10.0. The number of benzene rings is 1. The average Bonchev–Trinajstić information content (AvgIpc) is 2.59. The first kappa shape index (κ1) is 18.9. The molecule has 1 saturated heterocycles. The molecule has 134 valence electrons. The van der Waals surface area contributed by atoms with Crippen molar-refractivity contribution in [2.24, 2.45) is 0 Å². The number of carbonyl (C=O) groups excluding carboxylic acids is 1. The van der Waals surface area contributed by atoms with Crippen LogP contribution in [-0.4, -0.2) is 51.6 Å². The van der Waals surface area contributed by atoms with Crippen molar-refractivity contribution in [1.29, 1.82) is 0 Å². The fourth-order valence-electron chi connectivity index (χ4n) is 3.09. The van der Waals surface area contributed by atoms with Gasteiger partial charge in [0.1, 0.15) is 0 Å². The van der Waals surface area contributed by atoms with E-state index in [1.165, 1.54) is 37.8 Å². The molecule has 6 nitrogen and oxygen atoms in total. The Hall–Kier alpha value is -1.44. The van der Waals surface area contributed by atoms with Gasteiger partial charge in [0.25, 0.3) is 0 Å². The van der Waals surface area contributed by atoms with Crippen LogP contribution in [0.2, 0.25) is 0 Å². The Morgan fingerprint density at radius 3 is 2.58 bits per heavy atom. The zero-order valence-electron chi connectivity index (χ0n) is 14.5. The van der Waals surface area contributed by atoms with E-state index in [2.05, 4.69) is 21.3 Å². The number of nitrogens with zero attached hydrogens (tertiary/aromatic N) is 1. The molecule has 0 amide bonds. The monoisotopic (exact) mass is 354 g/mol. The largest absolute Gasteiger partial charge is 0.465 e. The number of piperidine rings is 1. The van der Waals surface area contributed by atoms with E-state index in [1.54, 1.807) is 0 Å². The van der Waals surface area contributed by atoms with Gasteiger partial charge in [-0.15, -0.1) is 0 Å². The number of nitrogens with one attached hydrogen (secondary N) is 1. The fraction of sp³-hybridized carbons (Fsp3) is 0.588. The van der Waals surface area contributed by atoms with Gasteiger partial charge in [-0.05, 0) is 57.5 Å². The summed E-state index contributed by atoms with van der Waals surface area (Å²) < 4.78 is 32.1. The van der Waals surface area contributed by atoms with E-state index >= 15 is 0 Å². The second kappa shape index (κ2) is 8.09. The smallest absolute Gasteiger partial charge is 0.337 e. The third kappa shape index (κ3) is 4.55. The quantitative estimate of drug-likeness (QED) is 0.791. The average molecular weight is 354 g/mol. The number of rotatable bonds is 6. The highest BCUT2D eigenvalue weighted by atomic mass is 32.2. The molecule has 0 saturated carbocycles. The Morgan fingerprint density at radius 1 is 1.33 bits per heavy atom. The molecule has 2 atom stereocenters. The molecule has 2 rings (SSSR count).